The molecule has 8 heteroatoms. The van der Waals surface area contributed by atoms with Gasteiger partial charge in [-0.3, -0.25) is 4.79 Å². The molecule has 0 aliphatic heterocycles. The summed E-state index contributed by atoms with van der Waals surface area (Å²) in [6.07, 6.45) is 0.784. The minimum absolute atomic E-state index is 0.0980. The van der Waals surface area contributed by atoms with Crippen LogP contribution < -0.4 is 0 Å². The highest BCUT2D eigenvalue weighted by molar-refractivity contribution is 7.99. The first-order chi connectivity index (χ1) is 7.70. The molecule has 86 valence electrons. The summed E-state index contributed by atoms with van der Waals surface area (Å²) in [5.74, 6) is 0.729. The number of carbonyl (C=O) groups is 1. The number of nitrogens with zero attached hydrogens (tertiary/aromatic N) is 4. The molecule has 0 amide bonds. The van der Waals surface area contributed by atoms with E-state index in [1.807, 2.05) is 6.92 Å². The molecule has 1 N–H and O–H groups in total. The molecule has 0 saturated carbocycles. The van der Waals surface area contributed by atoms with Crippen LogP contribution in [-0.4, -0.2) is 36.6 Å². The molecule has 6 nitrogen and oxygen atoms in total. The van der Waals surface area contributed by atoms with Gasteiger partial charge in [-0.2, -0.15) is 9.61 Å². The molecule has 2 aromatic heterocycles. The van der Waals surface area contributed by atoms with Crippen LogP contribution in [0.2, 0.25) is 0 Å². The Labute approximate surface area is 99.7 Å². The Hall–Kier alpha value is -1.15. The van der Waals surface area contributed by atoms with Crippen LogP contribution in [0.5, 0.6) is 0 Å². The van der Waals surface area contributed by atoms with Gasteiger partial charge in [0, 0.05) is 12.2 Å². The van der Waals surface area contributed by atoms with Gasteiger partial charge in [0.25, 0.3) is 0 Å². The van der Waals surface area contributed by atoms with Gasteiger partial charge in [-0.1, -0.05) is 18.3 Å². The van der Waals surface area contributed by atoms with Crippen LogP contribution in [-0.2, 0) is 17.0 Å². The van der Waals surface area contributed by atoms with E-state index >= 15 is 0 Å². The molecule has 0 aliphatic carbocycles. The van der Waals surface area contributed by atoms with Crippen molar-refractivity contribution in [3.63, 3.8) is 0 Å². The van der Waals surface area contributed by atoms with Crippen LogP contribution in [0.3, 0.4) is 0 Å². The second-order valence-corrected chi connectivity index (χ2v) is 5.07. The number of hydrogen-bond donors (Lipinski definition) is 1. The molecule has 0 aliphatic rings. The Kier molecular flexibility index (Phi) is 3.39. The second-order valence-electron chi connectivity index (χ2n) is 3.05. The fourth-order valence-electron chi connectivity index (χ4n) is 1.20. The van der Waals surface area contributed by atoms with Crippen molar-refractivity contribution in [1.29, 1.82) is 0 Å². The maximum absolute atomic E-state index is 10.3. The highest BCUT2D eigenvalue weighted by atomic mass is 32.2. The number of carboxylic acid groups (broad SMARTS) is 1. The number of aliphatic carboxylic acids is 1. The molecule has 0 saturated heterocycles. The molecule has 0 spiro atoms. The smallest absolute Gasteiger partial charge is 0.313 e. The van der Waals surface area contributed by atoms with E-state index in [1.54, 1.807) is 4.52 Å². The Morgan fingerprint density at radius 3 is 3.06 bits per heavy atom. The van der Waals surface area contributed by atoms with Gasteiger partial charge in [0.05, 0.1) is 5.75 Å². The Morgan fingerprint density at radius 2 is 2.38 bits per heavy atom. The molecule has 0 radical (unpaired) electrons. The quantitative estimate of drug-likeness (QED) is 0.864. The normalized spacial score (nSPS) is 11.1. The maximum Gasteiger partial charge on any atom is 0.313 e. The van der Waals surface area contributed by atoms with Gasteiger partial charge in [0.15, 0.2) is 5.82 Å². The third kappa shape index (κ3) is 2.33. The van der Waals surface area contributed by atoms with Crippen LogP contribution in [0.1, 0.15) is 17.8 Å². The summed E-state index contributed by atoms with van der Waals surface area (Å²) in [4.78, 5) is 11.1. The van der Waals surface area contributed by atoms with E-state index < -0.39 is 5.97 Å². The molecule has 0 fully saturated rings. The Morgan fingerprint density at radius 1 is 1.56 bits per heavy atom. The van der Waals surface area contributed by atoms with Gasteiger partial charge < -0.3 is 5.11 Å². The van der Waals surface area contributed by atoms with Gasteiger partial charge in [0.2, 0.25) is 4.96 Å². The minimum atomic E-state index is -0.803. The summed E-state index contributed by atoms with van der Waals surface area (Å²) in [6.45, 7) is 1.99. The topological polar surface area (TPSA) is 80.4 Å². The van der Waals surface area contributed by atoms with Crippen LogP contribution in [0.15, 0.2) is 0 Å². The molecule has 2 rings (SSSR count). The van der Waals surface area contributed by atoms with Crippen LogP contribution >= 0.6 is 23.1 Å². The molecule has 0 atom stereocenters. The number of hydrogen-bond acceptors (Lipinski definition) is 6. The lowest BCUT2D eigenvalue weighted by Crippen LogP contribution is -1.98. The third-order valence-corrected chi connectivity index (χ3v) is 3.87. The lowest BCUT2D eigenvalue weighted by Gasteiger charge is -1.92. The number of thioether (sulfide) groups is 1. The van der Waals surface area contributed by atoms with Gasteiger partial charge in [0.1, 0.15) is 5.01 Å². The summed E-state index contributed by atoms with van der Waals surface area (Å²) >= 11 is 2.78. The summed E-state index contributed by atoms with van der Waals surface area (Å²) in [5, 5.41) is 21.7. The molecular weight excluding hydrogens is 248 g/mol. The fourth-order valence-corrected chi connectivity index (χ4v) is 2.84. The highest BCUT2D eigenvalue weighted by Gasteiger charge is 2.10. The summed E-state index contributed by atoms with van der Waals surface area (Å²) in [7, 11) is 0. The molecule has 0 aromatic carbocycles. The van der Waals surface area contributed by atoms with Crippen molar-refractivity contribution in [1.82, 2.24) is 19.8 Å². The largest absolute Gasteiger partial charge is 0.481 e. The number of aromatic nitrogens is 4. The average molecular weight is 258 g/mol. The van der Waals surface area contributed by atoms with E-state index in [2.05, 4.69) is 15.3 Å². The molecule has 2 heterocycles. The summed E-state index contributed by atoms with van der Waals surface area (Å²) in [5.41, 5.74) is 0. The lowest BCUT2D eigenvalue weighted by atomic mass is 10.5. The molecule has 2 aromatic rings. The van der Waals surface area contributed by atoms with Gasteiger partial charge in [-0.05, 0) is 0 Å². The van der Waals surface area contributed by atoms with Crippen molar-refractivity contribution in [3.05, 3.63) is 10.8 Å². The zero-order chi connectivity index (χ0) is 11.5. The fraction of sp³-hybridized carbons (Fsp3) is 0.500. The van der Waals surface area contributed by atoms with E-state index in [-0.39, 0.29) is 5.75 Å². The number of fused-ring (bicyclic) bond motifs is 1. The lowest BCUT2D eigenvalue weighted by molar-refractivity contribution is -0.133. The third-order valence-electron chi connectivity index (χ3n) is 1.86. The number of aryl methyl sites for hydroxylation is 1. The van der Waals surface area contributed by atoms with Crippen molar-refractivity contribution in [2.24, 2.45) is 0 Å². The van der Waals surface area contributed by atoms with Gasteiger partial charge in [-0.25, -0.2) is 0 Å². The van der Waals surface area contributed by atoms with E-state index in [4.69, 9.17) is 5.11 Å². The van der Waals surface area contributed by atoms with Crippen molar-refractivity contribution in [2.75, 3.05) is 5.75 Å². The molecule has 0 bridgehead atoms. The van der Waals surface area contributed by atoms with Gasteiger partial charge >= 0.3 is 5.97 Å². The molecule has 16 heavy (non-hydrogen) atoms. The molecular formula is C8H10N4O2S2. The minimum Gasteiger partial charge on any atom is -0.481 e. The first-order valence-corrected chi connectivity index (χ1v) is 6.67. The van der Waals surface area contributed by atoms with Crippen LogP contribution in [0.25, 0.3) is 4.96 Å². The number of rotatable bonds is 5. The van der Waals surface area contributed by atoms with E-state index in [0.717, 1.165) is 22.2 Å². The zero-order valence-corrected chi connectivity index (χ0v) is 10.2. The summed E-state index contributed by atoms with van der Waals surface area (Å²) in [6, 6.07) is 0. The van der Waals surface area contributed by atoms with E-state index in [1.165, 1.54) is 23.1 Å². The maximum atomic E-state index is 10.3. The Bertz CT molecular complexity index is 507. The predicted molar refractivity (Wildman–Crippen MR) is 61.8 cm³/mol. The zero-order valence-electron chi connectivity index (χ0n) is 8.58. The highest BCUT2D eigenvalue weighted by Crippen LogP contribution is 2.19. The van der Waals surface area contributed by atoms with Gasteiger partial charge in [-0.15, -0.1) is 22.0 Å². The standard InChI is InChI=1S/C8H10N4O2S2/c1-2-5-9-10-8-12(5)11-6(16-8)3-15-4-7(13)14/h2-4H2,1H3,(H,13,14). The average Bonchev–Trinajstić information content (AvgIpc) is 2.76. The monoisotopic (exact) mass is 258 g/mol. The SMILES string of the molecule is CCc1nnc2sc(CSCC(=O)O)nn12. The molecule has 0 unspecified atom stereocenters. The van der Waals surface area contributed by atoms with Crippen molar-refractivity contribution in [2.45, 2.75) is 19.1 Å². The Balaban J connectivity index is 2.08. The second kappa shape index (κ2) is 4.79. The first-order valence-electron chi connectivity index (χ1n) is 4.70. The summed E-state index contributed by atoms with van der Waals surface area (Å²) < 4.78 is 1.72. The van der Waals surface area contributed by atoms with Crippen molar-refractivity contribution < 1.29 is 9.90 Å². The first kappa shape index (κ1) is 11.3. The van der Waals surface area contributed by atoms with Crippen LogP contribution in [0, 0.1) is 0 Å². The predicted octanol–water partition coefficient (Wildman–Crippen LogP) is 1.07. The van der Waals surface area contributed by atoms with E-state index in [0.29, 0.717) is 5.75 Å². The van der Waals surface area contributed by atoms with Crippen LogP contribution in [0.4, 0.5) is 0 Å². The number of carboxylic acids is 1. The van der Waals surface area contributed by atoms with E-state index in [9.17, 15) is 4.79 Å². The van der Waals surface area contributed by atoms with Crippen molar-refractivity contribution >= 4 is 34.0 Å². The van der Waals surface area contributed by atoms with Crippen molar-refractivity contribution in [3.8, 4) is 0 Å².